The Bertz CT molecular complexity index is 539. The van der Waals surface area contributed by atoms with Gasteiger partial charge in [0.2, 0.25) is 0 Å². The molecule has 0 aromatic heterocycles. The van der Waals surface area contributed by atoms with Crippen LogP contribution in [0.25, 0.3) is 0 Å². The van der Waals surface area contributed by atoms with Crippen LogP contribution in [-0.4, -0.2) is 37.7 Å². The number of hydrogen-bond acceptors (Lipinski definition) is 4. The molecule has 2 fully saturated rings. The monoisotopic (exact) mass is 354 g/mol. The van der Waals surface area contributed by atoms with Crippen LogP contribution < -0.4 is 0 Å². The highest BCUT2D eigenvalue weighted by molar-refractivity contribution is 6.74. The fraction of sp³-hybridized carbons (Fsp3) is 0.842. The van der Waals surface area contributed by atoms with Gasteiger partial charge in [0, 0.05) is 12.5 Å². The zero-order valence-electron chi connectivity index (χ0n) is 16.8. The van der Waals surface area contributed by atoms with Crippen LogP contribution in [0.4, 0.5) is 0 Å². The lowest BCUT2D eigenvalue weighted by Crippen LogP contribution is -2.45. The average molecular weight is 355 g/mol. The van der Waals surface area contributed by atoms with Crippen molar-refractivity contribution in [3.63, 3.8) is 0 Å². The van der Waals surface area contributed by atoms with Gasteiger partial charge in [-0.05, 0) is 57.8 Å². The first-order valence-corrected chi connectivity index (χ1v) is 11.8. The lowest BCUT2D eigenvalue weighted by Gasteiger charge is -2.40. The van der Waals surface area contributed by atoms with Gasteiger partial charge in [-0.25, -0.2) is 4.79 Å². The second kappa shape index (κ2) is 5.96. The smallest absolute Gasteiger partial charge is 0.331 e. The molecule has 3 atom stereocenters. The van der Waals surface area contributed by atoms with Gasteiger partial charge in [-0.2, -0.15) is 0 Å². The molecule has 1 saturated carbocycles. The van der Waals surface area contributed by atoms with Crippen molar-refractivity contribution in [2.24, 2.45) is 0 Å². The Labute approximate surface area is 148 Å². The fourth-order valence-electron chi connectivity index (χ4n) is 2.95. The van der Waals surface area contributed by atoms with Crippen molar-refractivity contribution in [2.75, 3.05) is 0 Å². The third kappa shape index (κ3) is 4.30. The van der Waals surface area contributed by atoms with Crippen molar-refractivity contribution in [3.8, 4) is 0 Å². The first-order chi connectivity index (χ1) is 10.6. The molecule has 0 N–H and O–H groups in total. The van der Waals surface area contributed by atoms with Crippen LogP contribution >= 0.6 is 0 Å². The van der Waals surface area contributed by atoms with Crippen LogP contribution in [0.5, 0.6) is 0 Å². The van der Waals surface area contributed by atoms with E-state index in [0.29, 0.717) is 0 Å². The van der Waals surface area contributed by atoms with Crippen molar-refractivity contribution in [1.29, 1.82) is 0 Å². The third-order valence-corrected chi connectivity index (χ3v) is 10.0. The normalized spacial score (nSPS) is 32.5. The minimum Gasteiger partial charge on any atom is -0.457 e. The van der Waals surface area contributed by atoms with Crippen LogP contribution in [-0.2, 0) is 18.7 Å². The molecule has 1 aliphatic carbocycles. The first kappa shape index (κ1) is 19.7. The summed E-state index contributed by atoms with van der Waals surface area (Å²) in [7, 11) is -1.83. The number of fused-ring (bicyclic) bond motifs is 1. The summed E-state index contributed by atoms with van der Waals surface area (Å²) in [6, 6.07) is 0. The molecule has 0 spiro atoms. The number of esters is 1. The number of ether oxygens (including phenoxy) is 2. The van der Waals surface area contributed by atoms with E-state index in [9.17, 15) is 4.79 Å². The van der Waals surface area contributed by atoms with Gasteiger partial charge in [0.25, 0.3) is 0 Å². The van der Waals surface area contributed by atoms with Crippen molar-refractivity contribution in [2.45, 2.75) is 103 Å². The van der Waals surface area contributed by atoms with Crippen LogP contribution in [0.15, 0.2) is 11.6 Å². The Hall–Kier alpha value is -0.653. The summed E-state index contributed by atoms with van der Waals surface area (Å²) in [5.41, 5.74) is 0.228. The summed E-state index contributed by atoms with van der Waals surface area (Å²) in [4.78, 5) is 12.2. The molecule has 1 saturated heterocycles. The molecule has 138 valence electrons. The predicted molar refractivity (Wildman–Crippen MR) is 98.5 cm³/mol. The van der Waals surface area contributed by atoms with E-state index in [2.05, 4.69) is 40.8 Å². The number of hydrogen-bond donors (Lipinski definition) is 0. The summed E-state index contributed by atoms with van der Waals surface area (Å²) < 4.78 is 17.9. The van der Waals surface area contributed by atoms with Gasteiger partial charge in [-0.3, -0.25) is 0 Å². The maximum Gasteiger partial charge on any atom is 0.331 e. The van der Waals surface area contributed by atoms with E-state index in [1.54, 1.807) is 6.08 Å². The maximum atomic E-state index is 12.2. The van der Waals surface area contributed by atoms with Crippen LogP contribution in [0.1, 0.15) is 61.3 Å². The Morgan fingerprint density at radius 2 is 1.83 bits per heavy atom. The van der Waals surface area contributed by atoms with Crippen LogP contribution in [0.3, 0.4) is 0 Å². The second-order valence-corrected chi connectivity index (χ2v) is 14.6. The van der Waals surface area contributed by atoms with Gasteiger partial charge in [-0.1, -0.05) is 20.8 Å². The molecule has 0 aromatic carbocycles. The van der Waals surface area contributed by atoms with E-state index in [-0.39, 0.29) is 28.8 Å². The second-order valence-electron chi connectivity index (χ2n) is 9.86. The van der Waals surface area contributed by atoms with Crippen LogP contribution in [0.2, 0.25) is 18.1 Å². The van der Waals surface area contributed by atoms with Gasteiger partial charge in [-0.15, -0.1) is 0 Å². The maximum absolute atomic E-state index is 12.2. The molecule has 0 radical (unpaired) electrons. The van der Waals surface area contributed by atoms with Gasteiger partial charge in [0.05, 0.1) is 12.2 Å². The summed E-state index contributed by atoms with van der Waals surface area (Å²) in [5.74, 6) is -0.291. The molecule has 5 heteroatoms. The van der Waals surface area contributed by atoms with E-state index in [4.69, 9.17) is 13.9 Å². The zero-order chi connectivity index (χ0) is 18.6. The largest absolute Gasteiger partial charge is 0.457 e. The van der Waals surface area contributed by atoms with Gasteiger partial charge in [0.15, 0.2) is 8.32 Å². The zero-order valence-corrected chi connectivity index (χ0v) is 17.8. The lowest BCUT2D eigenvalue weighted by molar-refractivity contribution is -0.148. The number of carbonyl (C=O) groups excluding carboxylic acids is 1. The number of rotatable bonds is 3. The summed E-state index contributed by atoms with van der Waals surface area (Å²) in [6.45, 7) is 19.0. The first-order valence-electron chi connectivity index (χ1n) is 8.94. The molecular weight excluding hydrogens is 320 g/mol. The molecule has 0 aromatic rings. The molecule has 2 rings (SSSR count). The molecule has 0 unspecified atom stereocenters. The summed E-state index contributed by atoms with van der Waals surface area (Å²) >= 11 is 0. The van der Waals surface area contributed by atoms with E-state index >= 15 is 0 Å². The minimum atomic E-state index is -1.83. The van der Waals surface area contributed by atoms with Crippen molar-refractivity contribution in [3.05, 3.63) is 11.6 Å². The SMILES string of the molecule is CC(C)(C)OC(=O)/C=C1\C[C@@H](O[Si](C)(C)C(C)(C)C)C[C@H]2O[C@@]12C. The minimum absolute atomic E-state index is 0.125. The van der Waals surface area contributed by atoms with E-state index in [1.165, 1.54) is 0 Å². The van der Waals surface area contributed by atoms with Crippen LogP contribution in [0, 0.1) is 0 Å². The molecule has 1 heterocycles. The molecule has 24 heavy (non-hydrogen) atoms. The summed E-state index contributed by atoms with van der Waals surface area (Å²) in [6.07, 6.45) is 3.58. The Kier molecular flexibility index (Phi) is 4.88. The Morgan fingerprint density at radius 1 is 1.25 bits per heavy atom. The summed E-state index contributed by atoms with van der Waals surface area (Å²) in [5, 5.41) is 0.174. The molecule has 1 aliphatic heterocycles. The van der Waals surface area contributed by atoms with E-state index in [0.717, 1.165) is 18.4 Å². The molecular formula is C19H34O4Si. The standard InChI is InChI=1S/C19H34O4Si/c1-17(2,3)22-16(20)11-13-10-14(12-15-19(13,7)21-15)23-24(8,9)18(4,5)6/h11,14-15H,10,12H2,1-9H3/b13-11+/t14-,15-,19+/m1/s1. The molecule has 0 amide bonds. The molecule has 0 bridgehead atoms. The highest BCUT2D eigenvalue weighted by Crippen LogP contribution is 2.52. The number of carbonyl (C=O) groups is 1. The van der Waals surface area contributed by atoms with Crippen molar-refractivity contribution >= 4 is 14.3 Å². The highest BCUT2D eigenvalue weighted by atomic mass is 28.4. The Balaban J connectivity index is 2.11. The van der Waals surface area contributed by atoms with Crippen molar-refractivity contribution < 1.29 is 18.7 Å². The van der Waals surface area contributed by atoms with E-state index < -0.39 is 13.9 Å². The molecule has 4 nitrogen and oxygen atoms in total. The van der Waals surface area contributed by atoms with E-state index in [1.807, 2.05) is 20.8 Å². The highest BCUT2D eigenvalue weighted by Gasteiger charge is 2.59. The van der Waals surface area contributed by atoms with Crippen molar-refractivity contribution in [1.82, 2.24) is 0 Å². The third-order valence-electron chi connectivity index (χ3n) is 5.47. The van der Waals surface area contributed by atoms with Gasteiger partial charge >= 0.3 is 5.97 Å². The Morgan fingerprint density at radius 3 is 2.33 bits per heavy atom. The quantitative estimate of drug-likeness (QED) is 0.322. The average Bonchev–Trinajstić information content (AvgIpc) is 2.96. The topological polar surface area (TPSA) is 48.1 Å². The fourth-order valence-corrected chi connectivity index (χ4v) is 4.31. The molecule has 2 aliphatic rings. The predicted octanol–water partition coefficient (Wildman–Crippen LogP) is 4.60. The van der Waals surface area contributed by atoms with Gasteiger partial charge in [0.1, 0.15) is 11.2 Å². The van der Waals surface area contributed by atoms with Gasteiger partial charge < -0.3 is 13.9 Å². The lowest BCUT2D eigenvalue weighted by atomic mass is 9.83. The number of epoxide rings is 1.